The van der Waals surface area contributed by atoms with Gasteiger partial charge < -0.3 is 19.1 Å². The molecule has 6 nitrogen and oxygen atoms in total. The van der Waals surface area contributed by atoms with Crippen LogP contribution in [0.15, 0.2) is 59.5 Å². The van der Waals surface area contributed by atoms with E-state index in [-0.39, 0.29) is 18.1 Å². The highest BCUT2D eigenvalue weighted by molar-refractivity contribution is 9.10. The van der Waals surface area contributed by atoms with E-state index in [0.29, 0.717) is 17.9 Å². The summed E-state index contributed by atoms with van der Waals surface area (Å²) < 4.78 is 15.2. The maximum absolute atomic E-state index is 10.1. The Balaban J connectivity index is 2.01. The summed E-state index contributed by atoms with van der Waals surface area (Å²) >= 11 is 3.66. The van der Waals surface area contributed by atoms with E-state index in [1.807, 2.05) is 25.1 Å². The van der Waals surface area contributed by atoms with E-state index in [1.165, 1.54) is 5.56 Å². The minimum absolute atomic E-state index is 0.0863. The predicted molar refractivity (Wildman–Crippen MR) is 143 cm³/mol. The molecule has 3 heterocycles. The molecular formula is C28H32BrN3O3. The summed E-state index contributed by atoms with van der Waals surface area (Å²) in [5, 5.41) is 11.3. The minimum Gasteiger partial charge on any atom is -0.454 e. The number of fused-ring (bicyclic) bond motifs is 1. The Kier molecular flexibility index (Phi) is 7.59. The van der Waals surface area contributed by atoms with E-state index < -0.39 is 0 Å². The molecule has 35 heavy (non-hydrogen) atoms. The van der Waals surface area contributed by atoms with Crippen LogP contribution < -0.4 is 4.74 Å². The lowest BCUT2D eigenvalue weighted by Crippen LogP contribution is -2.20. The average Bonchev–Trinajstić information content (AvgIpc) is 3.15. The van der Waals surface area contributed by atoms with Gasteiger partial charge in [-0.05, 0) is 67.6 Å². The predicted octanol–water partition coefficient (Wildman–Crippen LogP) is 6.94. The third-order valence-corrected chi connectivity index (χ3v) is 6.78. The molecular weight excluding hydrogens is 506 g/mol. The monoisotopic (exact) mass is 537 g/mol. The number of halogens is 1. The van der Waals surface area contributed by atoms with Gasteiger partial charge >= 0.3 is 0 Å². The van der Waals surface area contributed by atoms with E-state index in [0.717, 1.165) is 38.9 Å². The second-order valence-electron chi connectivity index (χ2n) is 9.50. The fourth-order valence-electron chi connectivity index (χ4n) is 4.43. The first-order valence-electron chi connectivity index (χ1n) is 11.8. The third kappa shape index (κ3) is 5.27. The summed E-state index contributed by atoms with van der Waals surface area (Å²) in [6.45, 7) is 9.19. The van der Waals surface area contributed by atoms with Crippen molar-refractivity contribution in [3.63, 3.8) is 0 Å². The van der Waals surface area contributed by atoms with Gasteiger partial charge in [-0.3, -0.25) is 9.97 Å². The molecule has 0 radical (unpaired) electrons. The first-order valence-corrected chi connectivity index (χ1v) is 12.6. The number of pyridine rings is 2. The van der Waals surface area contributed by atoms with Gasteiger partial charge in [-0.15, -0.1) is 0 Å². The highest BCUT2D eigenvalue weighted by Crippen LogP contribution is 2.42. The Bertz CT molecular complexity index is 1320. The maximum Gasteiger partial charge on any atom is 0.146 e. The summed E-state index contributed by atoms with van der Waals surface area (Å²) in [5.41, 5.74) is 4.89. The lowest BCUT2D eigenvalue weighted by atomic mass is 9.84. The van der Waals surface area contributed by atoms with Crippen molar-refractivity contribution in [2.45, 2.75) is 46.8 Å². The third-order valence-electron chi connectivity index (χ3n) is 6.29. The van der Waals surface area contributed by atoms with Gasteiger partial charge in [0, 0.05) is 47.4 Å². The summed E-state index contributed by atoms with van der Waals surface area (Å²) in [6, 6.07) is 12.1. The summed E-state index contributed by atoms with van der Waals surface area (Å²) in [5.74, 6) is 1.27. The quantitative estimate of drug-likeness (QED) is 0.250. The Morgan fingerprint density at radius 1 is 1.14 bits per heavy atom. The molecule has 1 aromatic carbocycles. The van der Waals surface area contributed by atoms with Crippen molar-refractivity contribution in [3.8, 4) is 22.8 Å². The van der Waals surface area contributed by atoms with Crippen molar-refractivity contribution < 1.29 is 14.6 Å². The van der Waals surface area contributed by atoms with Crippen molar-refractivity contribution in [1.82, 2.24) is 14.5 Å². The molecule has 1 N–H and O–H groups in total. The van der Waals surface area contributed by atoms with E-state index in [1.54, 1.807) is 25.7 Å². The number of aromatic nitrogens is 3. The van der Waals surface area contributed by atoms with E-state index in [9.17, 15) is 5.11 Å². The molecule has 0 aliphatic carbocycles. The number of aryl methyl sites for hydroxylation is 1. The Morgan fingerprint density at radius 3 is 2.60 bits per heavy atom. The summed E-state index contributed by atoms with van der Waals surface area (Å²) in [4.78, 5) is 8.95. The molecule has 7 heteroatoms. The molecule has 1 atom stereocenters. The van der Waals surface area contributed by atoms with Crippen LogP contribution in [0.25, 0.3) is 22.2 Å². The van der Waals surface area contributed by atoms with Crippen molar-refractivity contribution in [2.24, 2.45) is 5.41 Å². The van der Waals surface area contributed by atoms with Gasteiger partial charge in [0.2, 0.25) is 0 Å². The van der Waals surface area contributed by atoms with Gasteiger partial charge in [0.15, 0.2) is 0 Å². The molecule has 0 fully saturated rings. The Hall–Kier alpha value is -2.74. The molecule has 0 bridgehead atoms. The minimum atomic E-state index is -0.297. The standard InChI is InChI=1S/C28H32BrN3O3/c1-6-32-25-10-9-19(29)12-22(25)24(14-28(3,4)17-33)27(32)23-13-21(16-31-26(23)18(2)34-5)35-20-8-7-11-30-15-20/h7-13,15-16,18,33H,6,14,17H2,1-5H3/t18-/m0/s1. The number of hydrogen-bond acceptors (Lipinski definition) is 5. The summed E-state index contributed by atoms with van der Waals surface area (Å²) in [6.07, 6.45) is 5.61. The lowest BCUT2D eigenvalue weighted by Gasteiger charge is -2.24. The zero-order valence-corrected chi connectivity index (χ0v) is 22.5. The maximum atomic E-state index is 10.1. The van der Waals surface area contributed by atoms with Gasteiger partial charge in [-0.1, -0.05) is 29.8 Å². The molecule has 0 aliphatic rings. The lowest BCUT2D eigenvalue weighted by molar-refractivity contribution is 0.116. The van der Waals surface area contributed by atoms with E-state index in [4.69, 9.17) is 14.5 Å². The highest BCUT2D eigenvalue weighted by atomic mass is 79.9. The van der Waals surface area contributed by atoms with Crippen LogP contribution in [0.5, 0.6) is 11.5 Å². The van der Waals surface area contributed by atoms with Crippen molar-refractivity contribution in [2.75, 3.05) is 13.7 Å². The molecule has 0 aliphatic heterocycles. The molecule has 0 amide bonds. The van der Waals surface area contributed by atoms with Crippen molar-refractivity contribution in [3.05, 3.63) is 70.7 Å². The van der Waals surface area contributed by atoms with E-state index >= 15 is 0 Å². The second kappa shape index (κ2) is 10.5. The zero-order valence-electron chi connectivity index (χ0n) is 20.9. The molecule has 184 valence electrons. The Labute approximate surface area is 215 Å². The number of benzene rings is 1. The Morgan fingerprint density at radius 2 is 1.94 bits per heavy atom. The fraction of sp³-hybridized carbons (Fsp3) is 0.357. The largest absolute Gasteiger partial charge is 0.454 e. The van der Waals surface area contributed by atoms with Crippen LogP contribution in [-0.4, -0.2) is 33.4 Å². The SMILES string of the molecule is CCn1c(-c2cc(Oc3cccnc3)cnc2[C@H](C)OC)c(CC(C)(C)CO)c2cc(Br)ccc21. The molecule has 4 rings (SSSR count). The highest BCUT2D eigenvalue weighted by Gasteiger charge is 2.28. The van der Waals surface area contributed by atoms with Crippen LogP contribution in [0.1, 0.15) is 45.1 Å². The second-order valence-corrected chi connectivity index (χ2v) is 10.4. The number of aliphatic hydroxyl groups is 1. The fourth-order valence-corrected chi connectivity index (χ4v) is 4.79. The number of aliphatic hydroxyl groups excluding tert-OH is 1. The number of hydrogen-bond donors (Lipinski definition) is 1. The van der Waals surface area contributed by atoms with Crippen LogP contribution in [0.4, 0.5) is 0 Å². The smallest absolute Gasteiger partial charge is 0.146 e. The number of methoxy groups -OCH3 is 1. The molecule has 0 saturated carbocycles. The van der Waals surface area contributed by atoms with Crippen LogP contribution in [0, 0.1) is 5.41 Å². The molecule has 3 aromatic heterocycles. The molecule has 0 spiro atoms. The number of nitrogens with zero attached hydrogens (tertiary/aromatic N) is 3. The van der Waals surface area contributed by atoms with Gasteiger partial charge in [-0.25, -0.2) is 0 Å². The topological polar surface area (TPSA) is 69.4 Å². The molecule has 4 aromatic rings. The van der Waals surface area contributed by atoms with Gasteiger partial charge in [0.05, 0.1) is 29.9 Å². The number of rotatable bonds is 9. The van der Waals surface area contributed by atoms with Crippen LogP contribution >= 0.6 is 15.9 Å². The van der Waals surface area contributed by atoms with Crippen LogP contribution in [0.3, 0.4) is 0 Å². The average molecular weight is 538 g/mol. The summed E-state index contributed by atoms with van der Waals surface area (Å²) in [7, 11) is 1.69. The normalized spacial score (nSPS) is 12.8. The van der Waals surface area contributed by atoms with Crippen molar-refractivity contribution in [1.29, 1.82) is 0 Å². The van der Waals surface area contributed by atoms with Crippen LogP contribution in [-0.2, 0) is 17.7 Å². The van der Waals surface area contributed by atoms with Gasteiger partial charge in [0.25, 0.3) is 0 Å². The van der Waals surface area contributed by atoms with Crippen molar-refractivity contribution >= 4 is 26.8 Å². The zero-order chi connectivity index (χ0) is 25.2. The first kappa shape index (κ1) is 25.4. The van der Waals surface area contributed by atoms with Gasteiger partial charge in [-0.2, -0.15) is 0 Å². The number of ether oxygens (including phenoxy) is 2. The van der Waals surface area contributed by atoms with Crippen LogP contribution in [0.2, 0.25) is 0 Å². The molecule has 0 saturated heterocycles. The van der Waals surface area contributed by atoms with Gasteiger partial charge in [0.1, 0.15) is 11.5 Å². The van der Waals surface area contributed by atoms with E-state index in [2.05, 4.69) is 64.5 Å². The first-order chi connectivity index (χ1) is 16.8. The molecule has 0 unspecified atom stereocenters.